The predicted molar refractivity (Wildman–Crippen MR) is 54.4 cm³/mol. The van der Waals surface area contributed by atoms with Crippen molar-refractivity contribution >= 4 is 0 Å². The quantitative estimate of drug-likeness (QED) is 0.556. The van der Waals surface area contributed by atoms with Crippen molar-refractivity contribution in [3.8, 4) is 0 Å². The lowest BCUT2D eigenvalue weighted by molar-refractivity contribution is -0.0251. The molecule has 0 aliphatic heterocycles. The maximum atomic E-state index is 5.43. The Labute approximate surface area is 77.5 Å². The minimum atomic E-state index is 0.0493. The van der Waals surface area contributed by atoms with Gasteiger partial charge in [0.15, 0.2) is 0 Å². The van der Waals surface area contributed by atoms with Gasteiger partial charge in [0.1, 0.15) is 0 Å². The highest BCUT2D eigenvalue weighted by atomic mass is 16.5. The highest BCUT2D eigenvalue weighted by Gasteiger charge is 2.24. The van der Waals surface area contributed by atoms with Crippen LogP contribution in [0.1, 0.15) is 53.4 Å². The van der Waals surface area contributed by atoms with Crippen LogP contribution in [0.2, 0.25) is 0 Å². The molecule has 0 N–H and O–H groups in total. The number of ether oxygens (including phenoxy) is 1. The summed E-state index contributed by atoms with van der Waals surface area (Å²) in [6.07, 6.45) is 5.28. The van der Waals surface area contributed by atoms with Gasteiger partial charge in [-0.25, -0.2) is 0 Å². The smallest absolute Gasteiger partial charge is 0.0648 e. The zero-order valence-electron chi connectivity index (χ0n) is 9.31. The second kappa shape index (κ2) is 5.58. The molecule has 0 fully saturated rings. The average molecular weight is 172 g/mol. The van der Waals surface area contributed by atoms with Crippen LogP contribution >= 0.6 is 0 Å². The summed E-state index contributed by atoms with van der Waals surface area (Å²) in [5.74, 6) is 0.661. The Morgan fingerprint density at radius 2 is 1.83 bits per heavy atom. The van der Waals surface area contributed by atoms with Gasteiger partial charge in [-0.3, -0.25) is 0 Å². The van der Waals surface area contributed by atoms with E-state index in [4.69, 9.17) is 4.74 Å². The first kappa shape index (κ1) is 12.0. The summed E-state index contributed by atoms with van der Waals surface area (Å²) in [6.45, 7) is 8.86. The number of hydrogen-bond acceptors (Lipinski definition) is 1. The third kappa shape index (κ3) is 4.10. The van der Waals surface area contributed by atoms with Gasteiger partial charge in [0.05, 0.1) is 5.60 Å². The van der Waals surface area contributed by atoms with Gasteiger partial charge < -0.3 is 4.74 Å². The van der Waals surface area contributed by atoms with Crippen LogP contribution in [0.5, 0.6) is 0 Å². The van der Waals surface area contributed by atoms with E-state index in [0.29, 0.717) is 5.92 Å². The van der Waals surface area contributed by atoms with E-state index in [-0.39, 0.29) is 5.60 Å². The molecule has 74 valence electrons. The van der Waals surface area contributed by atoms with Crippen LogP contribution in [0.4, 0.5) is 0 Å². The van der Waals surface area contributed by atoms with Crippen LogP contribution in [-0.4, -0.2) is 12.7 Å². The van der Waals surface area contributed by atoms with Gasteiger partial charge in [-0.15, -0.1) is 0 Å². The zero-order valence-corrected chi connectivity index (χ0v) is 9.31. The molecule has 1 atom stereocenters. The summed E-state index contributed by atoms with van der Waals surface area (Å²) in [6, 6.07) is 0. The van der Waals surface area contributed by atoms with Crippen molar-refractivity contribution in [2.75, 3.05) is 7.11 Å². The van der Waals surface area contributed by atoms with Crippen LogP contribution in [0.25, 0.3) is 0 Å². The molecule has 0 aromatic heterocycles. The summed E-state index contributed by atoms with van der Waals surface area (Å²) in [7, 11) is 1.80. The van der Waals surface area contributed by atoms with Gasteiger partial charge >= 0.3 is 0 Å². The van der Waals surface area contributed by atoms with Crippen LogP contribution in [0.15, 0.2) is 0 Å². The number of unbranched alkanes of at least 4 members (excludes halogenated alkanes) is 2. The monoisotopic (exact) mass is 172 g/mol. The Balaban J connectivity index is 3.63. The van der Waals surface area contributed by atoms with Crippen molar-refractivity contribution in [3.63, 3.8) is 0 Å². The minimum absolute atomic E-state index is 0.0493. The fourth-order valence-electron chi connectivity index (χ4n) is 1.25. The van der Waals surface area contributed by atoms with E-state index in [9.17, 15) is 0 Å². The lowest BCUT2D eigenvalue weighted by Gasteiger charge is -2.30. The molecule has 1 heteroatoms. The summed E-state index contributed by atoms with van der Waals surface area (Å²) in [5.41, 5.74) is 0.0493. The summed E-state index contributed by atoms with van der Waals surface area (Å²) < 4.78 is 5.43. The largest absolute Gasteiger partial charge is 0.379 e. The first-order chi connectivity index (χ1) is 5.54. The Morgan fingerprint density at radius 3 is 2.25 bits per heavy atom. The molecule has 0 amide bonds. The van der Waals surface area contributed by atoms with Crippen LogP contribution in [-0.2, 0) is 4.74 Å². The van der Waals surface area contributed by atoms with Crippen molar-refractivity contribution < 1.29 is 4.74 Å². The van der Waals surface area contributed by atoms with E-state index in [1.54, 1.807) is 7.11 Å². The Morgan fingerprint density at radius 1 is 1.25 bits per heavy atom. The molecule has 0 aliphatic carbocycles. The molecule has 0 aromatic rings. The van der Waals surface area contributed by atoms with E-state index in [0.717, 1.165) is 0 Å². The molecule has 0 saturated carbocycles. The molecule has 0 aromatic carbocycles. The van der Waals surface area contributed by atoms with Crippen molar-refractivity contribution in [3.05, 3.63) is 0 Å². The first-order valence-corrected chi connectivity index (χ1v) is 5.09. The predicted octanol–water partition coefficient (Wildman–Crippen LogP) is 3.63. The molecular formula is C11H24O. The Kier molecular flexibility index (Phi) is 5.56. The summed E-state index contributed by atoms with van der Waals surface area (Å²) >= 11 is 0. The third-order valence-corrected chi connectivity index (χ3v) is 2.95. The minimum Gasteiger partial charge on any atom is -0.379 e. The summed E-state index contributed by atoms with van der Waals surface area (Å²) in [4.78, 5) is 0. The zero-order chi connectivity index (χ0) is 9.61. The Bertz CT molecular complexity index is 108. The van der Waals surface area contributed by atoms with Crippen molar-refractivity contribution in [2.24, 2.45) is 5.92 Å². The lowest BCUT2D eigenvalue weighted by atomic mass is 9.88. The second-order valence-corrected chi connectivity index (χ2v) is 4.20. The maximum Gasteiger partial charge on any atom is 0.0648 e. The molecule has 12 heavy (non-hydrogen) atoms. The highest BCUT2D eigenvalue weighted by Crippen LogP contribution is 2.24. The first-order valence-electron chi connectivity index (χ1n) is 5.09. The molecular weight excluding hydrogens is 148 g/mol. The second-order valence-electron chi connectivity index (χ2n) is 4.20. The SMILES string of the molecule is CCCCCC(C)C(C)(C)OC. The van der Waals surface area contributed by atoms with Crippen molar-refractivity contribution in [2.45, 2.75) is 59.0 Å². The number of methoxy groups -OCH3 is 1. The standard InChI is InChI=1S/C11H24O/c1-6-7-8-9-10(2)11(3,4)12-5/h10H,6-9H2,1-5H3. The van der Waals surface area contributed by atoms with Gasteiger partial charge in [-0.2, -0.15) is 0 Å². The molecule has 0 spiro atoms. The molecule has 0 rings (SSSR count). The van der Waals surface area contributed by atoms with E-state index < -0.39 is 0 Å². The van der Waals surface area contributed by atoms with Crippen molar-refractivity contribution in [1.29, 1.82) is 0 Å². The van der Waals surface area contributed by atoms with E-state index in [1.165, 1.54) is 25.7 Å². The molecule has 0 radical (unpaired) electrons. The molecule has 0 heterocycles. The van der Waals surface area contributed by atoms with Gasteiger partial charge in [-0.05, 0) is 26.2 Å². The van der Waals surface area contributed by atoms with Crippen LogP contribution in [0.3, 0.4) is 0 Å². The normalized spacial score (nSPS) is 14.8. The number of rotatable bonds is 6. The fourth-order valence-corrected chi connectivity index (χ4v) is 1.25. The van der Waals surface area contributed by atoms with E-state index in [1.807, 2.05) is 0 Å². The third-order valence-electron chi connectivity index (χ3n) is 2.95. The van der Waals surface area contributed by atoms with Crippen molar-refractivity contribution in [1.82, 2.24) is 0 Å². The topological polar surface area (TPSA) is 9.23 Å². The maximum absolute atomic E-state index is 5.43. The molecule has 1 unspecified atom stereocenters. The molecule has 0 aliphatic rings. The average Bonchev–Trinajstić information content (AvgIpc) is 2.05. The van der Waals surface area contributed by atoms with E-state index >= 15 is 0 Å². The van der Waals surface area contributed by atoms with Gasteiger partial charge in [-0.1, -0.05) is 33.1 Å². The molecule has 0 saturated heterocycles. The van der Waals surface area contributed by atoms with Gasteiger partial charge in [0, 0.05) is 7.11 Å². The van der Waals surface area contributed by atoms with Crippen LogP contribution in [0, 0.1) is 5.92 Å². The Hall–Kier alpha value is -0.0400. The van der Waals surface area contributed by atoms with E-state index in [2.05, 4.69) is 27.7 Å². The van der Waals surface area contributed by atoms with Gasteiger partial charge in [0.25, 0.3) is 0 Å². The summed E-state index contributed by atoms with van der Waals surface area (Å²) in [5, 5.41) is 0. The lowest BCUT2D eigenvalue weighted by Crippen LogP contribution is -2.31. The fraction of sp³-hybridized carbons (Fsp3) is 1.00. The van der Waals surface area contributed by atoms with Gasteiger partial charge in [0.2, 0.25) is 0 Å². The highest BCUT2D eigenvalue weighted by molar-refractivity contribution is 4.75. The molecule has 0 bridgehead atoms. The van der Waals surface area contributed by atoms with Crippen LogP contribution < -0.4 is 0 Å². The number of hydrogen-bond donors (Lipinski definition) is 0. The molecule has 1 nitrogen and oxygen atoms in total.